The number of piperidine rings is 1. The van der Waals surface area contributed by atoms with Crippen molar-refractivity contribution in [1.29, 1.82) is 0 Å². The summed E-state index contributed by atoms with van der Waals surface area (Å²) < 4.78 is 2.80. The molecule has 2 heterocycles. The lowest BCUT2D eigenvalue weighted by molar-refractivity contribution is 0.144. The van der Waals surface area contributed by atoms with E-state index in [1.807, 2.05) is 29.7 Å². The number of fused-ring (bicyclic) bond motifs is 1. The van der Waals surface area contributed by atoms with Gasteiger partial charge in [-0.3, -0.25) is 14.3 Å². The van der Waals surface area contributed by atoms with E-state index in [4.69, 9.17) is 4.98 Å². The monoisotopic (exact) mass is 391 g/mol. The summed E-state index contributed by atoms with van der Waals surface area (Å²) in [4.78, 5) is 20.5. The highest BCUT2D eigenvalue weighted by molar-refractivity contribution is 9.10. The number of hydrogen-bond acceptors (Lipinski definition) is 3. The van der Waals surface area contributed by atoms with Crippen molar-refractivity contribution < 1.29 is 0 Å². The predicted molar refractivity (Wildman–Crippen MR) is 102 cm³/mol. The molecule has 1 fully saturated rings. The van der Waals surface area contributed by atoms with Gasteiger partial charge in [0.25, 0.3) is 5.56 Å². The van der Waals surface area contributed by atoms with Crippen molar-refractivity contribution in [2.75, 3.05) is 13.1 Å². The highest BCUT2D eigenvalue weighted by atomic mass is 79.9. The second-order valence-corrected chi connectivity index (χ2v) is 7.50. The molecule has 0 bridgehead atoms. The second-order valence-electron chi connectivity index (χ2n) is 6.58. The number of aromatic nitrogens is 2. The third kappa shape index (κ3) is 3.42. The number of likely N-dealkylation sites (tertiary alicyclic amines) is 1. The molecular weight excluding hydrogens is 366 g/mol. The van der Waals surface area contributed by atoms with Crippen LogP contribution in [0.1, 0.15) is 57.8 Å². The van der Waals surface area contributed by atoms with Crippen molar-refractivity contribution in [1.82, 2.24) is 14.5 Å². The molecule has 0 saturated carbocycles. The third-order valence-electron chi connectivity index (χ3n) is 4.95. The number of rotatable bonds is 5. The van der Waals surface area contributed by atoms with Crippen molar-refractivity contribution >= 4 is 26.8 Å². The maximum atomic E-state index is 13.0. The van der Waals surface area contributed by atoms with Gasteiger partial charge in [-0.1, -0.05) is 35.7 Å². The quantitative estimate of drug-likeness (QED) is 0.752. The van der Waals surface area contributed by atoms with Gasteiger partial charge in [0.2, 0.25) is 0 Å². The molecule has 1 aromatic carbocycles. The Hall–Kier alpha value is -1.20. The van der Waals surface area contributed by atoms with Crippen molar-refractivity contribution in [3.05, 3.63) is 38.9 Å². The van der Waals surface area contributed by atoms with E-state index in [-0.39, 0.29) is 11.6 Å². The van der Waals surface area contributed by atoms with E-state index in [0.29, 0.717) is 11.9 Å². The zero-order chi connectivity index (χ0) is 17.1. The summed E-state index contributed by atoms with van der Waals surface area (Å²) in [6, 6.07) is 6.04. The molecule has 2 aromatic rings. The Bertz CT molecular complexity index is 765. The fourth-order valence-corrected chi connectivity index (χ4v) is 4.11. The topological polar surface area (TPSA) is 38.1 Å². The van der Waals surface area contributed by atoms with Crippen LogP contribution >= 0.6 is 15.9 Å². The van der Waals surface area contributed by atoms with Gasteiger partial charge in [0, 0.05) is 11.0 Å². The van der Waals surface area contributed by atoms with Crippen LogP contribution in [-0.4, -0.2) is 27.5 Å². The molecule has 1 aliphatic heterocycles. The zero-order valence-electron chi connectivity index (χ0n) is 14.6. The summed E-state index contributed by atoms with van der Waals surface area (Å²) in [5, 5.41) is 0.698. The van der Waals surface area contributed by atoms with Crippen molar-refractivity contribution in [2.24, 2.45) is 0 Å². The summed E-state index contributed by atoms with van der Waals surface area (Å²) in [6.07, 6.45) is 5.96. The second kappa shape index (κ2) is 7.79. The van der Waals surface area contributed by atoms with E-state index in [1.54, 1.807) is 0 Å². The standard InChI is InChI=1S/C19H26BrN3O/c1-3-8-17(22-11-6-5-7-12-22)18-21-16-10-9-14(20)13-15(16)19(24)23(18)4-2/h9-10,13,17H,3-8,11-12H2,1-2H3. The van der Waals surface area contributed by atoms with Crippen molar-refractivity contribution in [3.63, 3.8) is 0 Å². The molecular formula is C19H26BrN3O. The average molecular weight is 392 g/mol. The summed E-state index contributed by atoms with van der Waals surface area (Å²) in [5.41, 5.74) is 0.887. The number of halogens is 1. The Morgan fingerprint density at radius 1 is 1.21 bits per heavy atom. The fourth-order valence-electron chi connectivity index (χ4n) is 3.75. The smallest absolute Gasteiger partial charge is 0.261 e. The summed E-state index contributed by atoms with van der Waals surface area (Å²) >= 11 is 3.46. The number of hydrogen-bond donors (Lipinski definition) is 0. The first-order chi connectivity index (χ1) is 11.7. The molecule has 1 unspecified atom stereocenters. The van der Waals surface area contributed by atoms with Gasteiger partial charge in [-0.2, -0.15) is 0 Å². The Kier molecular flexibility index (Phi) is 5.72. The normalized spacial score (nSPS) is 17.3. The SMILES string of the molecule is CCCC(c1nc2ccc(Br)cc2c(=O)n1CC)N1CCCCC1. The van der Waals surface area contributed by atoms with Gasteiger partial charge in [-0.25, -0.2) is 4.98 Å². The van der Waals surface area contributed by atoms with Crippen LogP contribution in [-0.2, 0) is 6.54 Å². The summed E-state index contributed by atoms with van der Waals surface area (Å²) in [5.74, 6) is 0.945. The molecule has 5 heteroatoms. The maximum Gasteiger partial charge on any atom is 0.261 e. The molecule has 1 aliphatic rings. The van der Waals surface area contributed by atoms with E-state index in [1.165, 1.54) is 19.3 Å². The van der Waals surface area contributed by atoms with E-state index < -0.39 is 0 Å². The molecule has 3 rings (SSSR count). The van der Waals surface area contributed by atoms with Crippen molar-refractivity contribution in [3.8, 4) is 0 Å². The lowest BCUT2D eigenvalue weighted by Gasteiger charge is -2.35. The highest BCUT2D eigenvalue weighted by Gasteiger charge is 2.26. The first-order valence-corrected chi connectivity index (χ1v) is 9.89. The number of nitrogens with zero attached hydrogens (tertiary/aromatic N) is 3. The van der Waals surface area contributed by atoms with Crippen LogP contribution in [0, 0.1) is 0 Å². The van der Waals surface area contributed by atoms with Crippen LogP contribution in [0.2, 0.25) is 0 Å². The molecule has 0 amide bonds. The van der Waals surface area contributed by atoms with Crippen LogP contribution in [0.3, 0.4) is 0 Å². The van der Waals surface area contributed by atoms with Gasteiger partial charge in [-0.15, -0.1) is 0 Å². The lowest BCUT2D eigenvalue weighted by Crippen LogP contribution is -2.38. The van der Waals surface area contributed by atoms with Crippen LogP contribution in [0.5, 0.6) is 0 Å². The lowest BCUT2D eigenvalue weighted by atomic mass is 10.0. The highest BCUT2D eigenvalue weighted by Crippen LogP contribution is 2.28. The molecule has 1 atom stereocenters. The first-order valence-electron chi connectivity index (χ1n) is 9.09. The Morgan fingerprint density at radius 2 is 1.96 bits per heavy atom. The molecule has 0 radical (unpaired) electrons. The Balaban J connectivity index is 2.14. The van der Waals surface area contributed by atoms with Gasteiger partial charge < -0.3 is 0 Å². The van der Waals surface area contributed by atoms with E-state index >= 15 is 0 Å². The van der Waals surface area contributed by atoms with Crippen LogP contribution in [0.4, 0.5) is 0 Å². The maximum absolute atomic E-state index is 13.0. The van der Waals surface area contributed by atoms with Gasteiger partial charge in [0.1, 0.15) is 5.82 Å². The third-order valence-corrected chi connectivity index (χ3v) is 5.45. The molecule has 1 aromatic heterocycles. The number of benzene rings is 1. The minimum atomic E-state index is 0.0805. The van der Waals surface area contributed by atoms with Crippen LogP contribution in [0.25, 0.3) is 10.9 Å². The average Bonchev–Trinajstić information content (AvgIpc) is 2.61. The Labute approximate surface area is 152 Å². The zero-order valence-corrected chi connectivity index (χ0v) is 16.2. The van der Waals surface area contributed by atoms with Crippen LogP contribution < -0.4 is 5.56 Å². The van der Waals surface area contributed by atoms with Gasteiger partial charge in [-0.05, 0) is 57.5 Å². The predicted octanol–water partition coefficient (Wildman–Crippen LogP) is 4.51. The van der Waals surface area contributed by atoms with Crippen molar-refractivity contribution in [2.45, 2.75) is 58.5 Å². The molecule has 130 valence electrons. The molecule has 0 aliphatic carbocycles. The first kappa shape index (κ1) is 17.6. The van der Waals surface area contributed by atoms with E-state index in [9.17, 15) is 4.79 Å². The van der Waals surface area contributed by atoms with E-state index in [2.05, 4.69) is 27.8 Å². The molecule has 4 nitrogen and oxygen atoms in total. The van der Waals surface area contributed by atoms with Gasteiger partial charge >= 0.3 is 0 Å². The summed E-state index contributed by atoms with van der Waals surface area (Å²) in [6.45, 7) is 7.14. The molecule has 1 saturated heterocycles. The molecule has 0 spiro atoms. The van der Waals surface area contributed by atoms with Gasteiger partial charge in [0.15, 0.2) is 0 Å². The minimum absolute atomic E-state index is 0.0805. The molecule has 24 heavy (non-hydrogen) atoms. The Morgan fingerprint density at radius 3 is 2.62 bits per heavy atom. The molecule has 0 N–H and O–H groups in total. The summed E-state index contributed by atoms with van der Waals surface area (Å²) in [7, 11) is 0. The fraction of sp³-hybridized carbons (Fsp3) is 0.579. The largest absolute Gasteiger partial charge is 0.295 e. The minimum Gasteiger partial charge on any atom is -0.295 e. The van der Waals surface area contributed by atoms with Crippen LogP contribution in [0.15, 0.2) is 27.5 Å². The van der Waals surface area contributed by atoms with E-state index in [0.717, 1.165) is 41.7 Å². The van der Waals surface area contributed by atoms with Gasteiger partial charge in [0.05, 0.1) is 16.9 Å².